The first-order chi connectivity index (χ1) is 11.0. The maximum Gasteiger partial charge on any atom is 0.342 e. The fraction of sp³-hybridized carbons (Fsp3) is 0.611. The normalized spacial score (nSPS) is 20.4. The van der Waals surface area contributed by atoms with Crippen molar-refractivity contribution in [2.24, 2.45) is 0 Å². The summed E-state index contributed by atoms with van der Waals surface area (Å²) in [5.41, 5.74) is 0.808. The highest BCUT2D eigenvalue weighted by Gasteiger charge is 2.23. The van der Waals surface area contributed by atoms with Crippen LogP contribution in [0.2, 0.25) is 0 Å². The van der Waals surface area contributed by atoms with E-state index in [2.05, 4.69) is 0 Å². The second-order valence-corrected chi connectivity index (χ2v) is 6.41. The van der Waals surface area contributed by atoms with E-state index in [9.17, 15) is 20.1 Å². The highest BCUT2D eigenvalue weighted by atomic mass is 16.5. The Bertz CT molecular complexity index is 538. The van der Waals surface area contributed by atoms with Crippen LogP contribution in [0.4, 0.5) is 0 Å². The van der Waals surface area contributed by atoms with Gasteiger partial charge in [0.25, 0.3) is 0 Å². The highest BCUT2D eigenvalue weighted by Crippen LogP contribution is 2.31. The Labute approximate surface area is 136 Å². The van der Waals surface area contributed by atoms with Crippen LogP contribution in [-0.4, -0.2) is 33.5 Å². The average molecular weight is 322 g/mol. The van der Waals surface area contributed by atoms with Crippen molar-refractivity contribution in [2.75, 3.05) is 0 Å². The molecule has 2 unspecified atom stereocenters. The van der Waals surface area contributed by atoms with Gasteiger partial charge in [-0.3, -0.25) is 0 Å². The molecule has 1 aliphatic rings. The van der Waals surface area contributed by atoms with E-state index in [1.54, 1.807) is 6.92 Å². The molecule has 5 heteroatoms. The van der Waals surface area contributed by atoms with Crippen LogP contribution in [0.25, 0.3) is 0 Å². The SMILES string of the molecule is CC(O)CCCC1CCCCCc2cc(O)cc(O)c2C(=O)O1. The number of esters is 1. The van der Waals surface area contributed by atoms with Gasteiger partial charge in [0, 0.05) is 6.07 Å². The number of carbonyl (C=O) groups is 1. The third-order valence-electron chi connectivity index (χ3n) is 4.28. The van der Waals surface area contributed by atoms with Crippen molar-refractivity contribution >= 4 is 5.97 Å². The standard InChI is InChI=1S/C18H26O5/c1-12(19)6-5-9-15-8-4-2-3-7-13-10-14(20)11-16(21)17(13)18(22)23-15/h10-12,15,19-21H,2-9H2,1H3. The molecule has 2 atom stereocenters. The average Bonchev–Trinajstić information content (AvgIpc) is 2.45. The molecular weight excluding hydrogens is 296 g/mol. The molecule has 0 aliphatic carbocycles. The number of hydrogen-bond acceptors (Lipinski definition) is 5. The molecule has 1 aromatic rings. The number of carbonyl (C=O) groups excluding carboxylic acids is 1. The molecule has 0 aromatic heterocycles. The summed E-state index contributed by atoms with van der Waals surface area (Å²) in [4.78, 5) is 12.4. The predicted molar refractivity (Wildman–Crippen MR) is 86.7 cm³/mol. The Kier molecular flexibility index (Phi) is 6.28. The number of phenolic OH excluding ortho intramolecular Hbond substituents is 2. The van der Waals surface area contributed by atoms with Gasteiger partial charge in [0.2, 0.25) is 0 Å². The van der Waals surface area contributed by atoms with E-state index in [0.717, 1.165) is 32.1 Å². The molecule has 0 bridgehead atoms. The van der Waals surface area contributed by atoms with Gasteiger partial charge in [-0.15, -0.1) is 0 Å². The van der Waals surface area contributed by atoms with Crippen LogP contribution in [0.5, 0.6) is 11.5 Å². The van der Waals surface area contributed by atoms with Crippen molar-refractivity contribution in [2.45, 2.75) is 70.5 Å². The molecule has 0 fully saturated rings. The van der Waals surface area contributed by atoms with Gasteiger partial charge in [-0.2, -0.15) is 0 Å². The first-order valence-corrected chi connectivity index (χ1v) is 8.41. The maximum absolute atomic E-state index is 12.4. The first-order valence-electron chi connectivity index (χ1n) is 8.41. The molecule has 1 aromatic carbocycles. The number of hydrogen-bond donors (Lipinski definition) is 3. The van der Waals surface area contributed by atoms with Crippen molar-refractivity contribution in [1.29, 1.82) is 0 Å². The van der Waals surface area contributed by atoms with Gasteiger partial charge in [-0.05, 0) is 63.5 Å². The van der Waals surface area contributed by atoms with E-state index in [4.69, 9.17) is 4.74 Å². The monoisotopic (exact) mass is 322 g/mol. The zero-order chi connectivity index (χ0) is 16.8. The lowest BCUT2D eigenvalue weighted by atomic mass is 9.97. The van der Waals surface area contributed by atoms with Gasteiger partial charge < -0.3 is 20.1 Å². The van der Waals surface area contributed by atoms with Gasteiger partial charge >= 0.3 is 5.97 Å². The van der Waals surface area contributed by atoms with Crippen LogP contribution >= 0.6 is 0 Å². The molecule has 1 heterocycles. The lowest BCUT2D eigenvalue weighted by Crippen LogP contribution is -2.21. The fourth-order valence-electron chi connectivity index (χ4n) is 3.08. The molecular formula is C18H26O5. The Morgan fingerprint density at radius 1 is 1.26 bits per heavy atom. The number of benzene rings is 1. The number of rotatable bonds is 4. The van der Waals surface area contributed by atoms with Crippen molar-refractivity contribution in [3.8, 4) is 11.5 Å². The van der Waals surface area contributed by atoms with E-state index in [0.29, 0.717) is 24.8 Å². The molecule has 128 valence electrons. The van der Waals surface area contributed by atoms with E-state index >= 15 is 0 Å². The molecule has 0 saturated carbocycles. The summed E-state index contributed by atoms with van der Waals surface area (Å²) >= 11 is 0. The Morgan fingerprint density at radius 3 is 2.78 bits per heavy atom. The number of aromatic hydroxyl groups is 2. The van der Waals surface area contributed by atoms with Crippen molar-refractivity contribution < 1.29 is 24.9 Å². The Morgan fingerprint density at radius 2 is 2.04 bits per heavy atom. The van der Waals surface area contributed by atoms with Crippen LogP contribution < -0.4 is 0 Å². The summed E-state index contributed by atoms with van der Waals surface area (Å²) in [7, 11) is 0. The third kappa shape index (κ3) is 5.13. The van der Waals surface area contributed by atoms with E-state index < -0.39 is 5.97 Å². The predicted octanol–water partition coefficient (Wildman–Crippen LogP) is 3.29. The Hall–Kier alpha value is -1.75. The number of fused-ring (bicyclic) bond motifs is 1. The lowest BCUT2D eigenvalue weighted by molar-refractivity contribution is 0.0235. The summed E-state index contributed by atoms with van der Waals surface area (Å²) in [6.45, 7) is 1.75. The minimum atomic E-state index is -0.526. The first kappa shape index (κ1) is 17.6. The minimum absolute atomic E-state index is 0.0420. The summed E-state index contributed by atoms with van der Waals surface area (Å²) in [5.74, 6) is -0.797. The van der Waals surface area contributed by atoms with Gasteiger partial charge in [0.05, 0.1) is 6.10 Å². The molecule has 3 N–H and O–H groups in total. The van der Waals surface area contributed by atoms with Crippen LogP contribution in [0, 0.1) is 0 Å². The van der Waals surface area contributed by atoms with Crippen molar-refractivity contribution in [3.63, 3.8) is 0 Å². The largest absolute Gasteiger partial charge is 0.508 e. The van der Waals surface area contributed by atoms with E-state index in [-0.39, 0.29) is 29.3 Å². The number of cyclic esters (lactones) is 1. The van der Waals surface area contributed by atoms with E-state index in [1.807, 2.05) is 0 Å². The fourth-order valence-corrected chi connectivity index (χ4v) is 3.08. The summed E-state index contributed by atoms with van der Waals surface area (Å²) in [5, 5.41) is 29.0. The number of aliphatic hydroxyl groups is 1. The topological polar surface area (TPSA) is 87.0 Å². The molecule has 0 amide bonds. The molecule has 2 rings (SSSR count). The second-order valence-electron chi connectivity index (χ2n) is 6.41. The number of aliphatic hydroxyl groups excluding tert-OH is 1. The molecule has 0 spiro atoms. The number of ether oxygens (including phenoxy) is 1. The van der Waals surface area contributed by atoms with Crippen LogP contribution in [0.3, 0.4) is 0 Å². The second kappa shape index (κ2) is 8.20. The van der Waals surface area contributed by atoms with Crippen molar-refractivity contribution in [1.82, 2.24) is 0 Å². The molecule has 5 nitrogen and oxygen atoms in total. The van der Waals surface area contributed by atoms with Crippen LogP contribution in [0.15, 0.2) is 12.1 Å². The number of aryl methyl sites for hydroxylation is 1. The summed E-state index contributed by atoms with van der Waals surface area (Å²) in [6, 6.07) is 2.70. The van der Waals surface area contributed by atoms with Gasteiger partial charge in [0.15, 0.2) is 0 Å². The lowest BCUT2D eigenvalue weighted by Gasteiger charge is -2.21. The van der Waals surface area contributed by atoms with Gasteiger partial charge in [0.1, 0.15) is 23.2 Å². The molecule has 0 radical (unpaired) electrons. The minimum Gasteiger partial charge on any atom is -0.508 e. The van der Waals surface area contributed by atoms with E-state index in [1.165, 1.54) is 12.1 Å². The Balaban J connectivity index is 2.14. The molecule has 23 heavy (non-hydrogen) atoms. The summed E-state index contributed by atoms with van der Waals surface area (Å²) in [6.07, 6.45) is 5.99. The van der Waals surface area contributed by atoms with Gasteiger partial charge in [-0.25, -0.2) is 4.79 Å². The molecule has 0 saturated heterocycles. The highest BCUT2D eigenvalue weighted by molar-refractivity contribution is 5.94. The van der Waals surface area contributed by atoms with Gasteiger partial charge in [-0.1, -0.05) is 6.42 Å². The van der Waals surface area contributed by atoms with Crippen LogP contribution in [0.1, 0.15) is 67.8 Å². The third-order valence-corrected chi connectivity index (χ3v) is 4.28. The molecule has 1 aliphatic heterocycles. The smallest absolute Gasteiger partial charge is 0.342 e. The van der Waals surface area contributed by atoms with Crippen LogP contribution in [-0.2, 0) is 11.2 Å². The number of phenols is 2. The van der Waals surface area contributed by atoms with Crippen molar-refractivity contribution in [3.05, 3.63) is 23.3 Å². The zero-order valence-corrected chi connectivity index (χ0v) is 13.6. The maximum atomic E-state index is 12.4. The summed E-state index contributed by atoms with van der Waals surface area (Å²) < 4.78 is 5.59. The zero-order valence-electron chi connectivity index (χ0n) is 13.6. The quantitative estimate of drug-likeness (QED) is 0.740.